The van der Waals surface area contributed by atoms with Crippen molar-refractivity contribution in [3.8, 4) is 5.75 Å². The number of carbonyl (C=O) groups excluding carboxylic acids is 2. The molecule has 0 aromatic heterocycles. The van der Waals surface area contributed by atoms with Crippen LogP contribution >= 0.6 is 0 Å². The maximum absolute atomic E-state index is 12.0. The van der Waals surface area contributed by atoms with Crippen LogP contribution in [0.3, 0.4) is 0 Å². The number of hydrogen-bond acceptors (Lipinski definition) is 6. The van der Waals surface area contributed by atoms with E-state index in [1.807, 2.05) is 18.2 Å². The van der Waals surface area contributed by atoms with Crippen molar-refractivity contribution in [2.75, 3.05) is 20.8 Å². The lowest BCUT2D eigenvalue weighted by Crippen LogP contribution is -2.45. The zero-order valence-electron chi connectivity index (χ0n) is 16.1. The number of aryl methyl sites for hydroxylation is 1. The second-order valence-corrected chi connectivity index (χ2v) is 6.90. The highest BCUT2D eigenvalue weighted by Gasteiger charge is 2.25. The molecular weight excluding hydrogens is 338 g/mol. The van der Waals surface area contributed by atoms with Gasteiger partial charge in [0.1, 0.15) is 17.4 Å². The zero-order valence-corrected chi connectivity index (χ0v) is 16.1. The summed E-state index contributed by atoms with van der Waals surface area (Å²) >= 11 is 0. The monoisotopic (exact) mass is 367 g/mol. The summed E-state index contributed by atoms with van der Waals surface area (Å²) in [5.74, 6) is 0.167. The minimum absolute atomic E-state index is 0.0817. The normalized spacial score (nSPS) is 12.2. The molecule has 0 bridgehead atoms. The van der Waals surface area contributed by atoms with Gasteiger partial charge in [-0.05, 0) is 50.8 Å². The first-order chi connectivity index (χ1) is 12.2. The molecule has 0 spiro atoms. The van der Waals surface area contributed by atoms with E-state index >= 15 is 0 Å². The quantitative estimate of drug-likeness (QED) is 0.684. The number of esters is 1. The highest BCUT2D eigenvalue weighted by Crippen LogP contribution is 2.22. The standard InChI is InChI=1S/C19H29NO6/c1-19(2,3)26-18(23)20-15(17(22)25-5)12-13-8-9-16(24-4)14(11-13)7-6-10-21/h8-9,11,15,21H,6-7,10,12H2,1-5H3,(H,20,23)/t15-/m0/s1. The van der Waals surface area contributed by atoms with Gasteiger partial charge in [-0.3, -0.25) is 0 Å². The minimum Gasteiger partial charge on any atom is -0.496 e. The second-order valence-electron chi connectivity index (χ2n) is 6.90. The molecule has 146 valence electrons. The minimum atomic E-state index is -0.867. The van der Waals surface area contributed by atoms with Crippen LogP contribution in [0.2, 0.25) is 0 Å². The average Bonchev–Trinajstić information content (AvgIpc) is 2.57. The summed E-state index contributed by atoms with van der Waals surface area (Å²) in [7, 11) is 2.85. The van der Waals surface area contributed by atoms with Crippen molar-refractivity contribution >= 4 is 12.1 Å². The molecule has 7 nitrogen and oxygen atoms in total. The van der Waals surface area contributed by atoms with Crippen LogP contribution in [-0.2, 0) is 27.1 Å². The van der Waals surface area contributed by atoms with E-state index in [1.165, 1.54) is 7.11 Å². The zero-order chi connectivity index (χ0) is 19.7. The number of amides is 1. The number of aliphatic hydroxyl groups excluding tert-OH is 1. The molecule has 0 saturated carbocycles. The molecule has 1 atom stereocenters. The summed E-state index contributed by atoms with van der Waals surface area (Å²) in [6, 6.07) is 4.67. The van der Waals surface area contributed by atoms with Crippen LogP contribution < -0.4 is 10.1 Å². The number of methoxy groups -OCH3 is 2. The van der Waals surface area contributed by atoms with Gasteiger partial charge in [0, 0.05) is 13.0 Å². The van der Waals surface area contributed by atoms with E-state index < -0.39 is 23.7 Å². The molecule has 26 heavy (non-hydrogen) atoms. The Hall–Kier alpha value is -2.28. The van der Waals surface area contributed by atoms with E-state index in [4.69, 9.17) is 19.3 Å². The van der Waals surface area contributed by atoms with Crippen molar-refractivity contribution in [2.24, 2.45) is 0 Å². The fourth-order valence-corrected chi connectivity index (χ4v) is 2.44. The summed E-state index contributed by atoms with van der Waals surface area (Å²) in [4.78, 5) is 24.0. The number of benzene rings is 1. The van der Waals surface area contributed by atoms with Crippen molar-refractivity contribution < 1.29 is 28.9 Å². The molecular formula is C19H29NO6. The smallest absolute Gasteiger partial charge is 0.408 e. The van der Waals surface area contributed by atoms with Gasteiger partial charge in [-0.15, -0.1) is 0 Å². The lowest BCUT2D eigenvalue weighted by Gasteiger charge is -2.23. The highest BCUT2D eigenvalue weighted by atomic mass is 16.6. The van der Waals surface area contributed by atoms with E-state index in [9.17, 15) is 9.59 Å². The van der Waals surface area contributed by atoms with E-state index in [1.54, 1.807) is 27.9 Å². The summed E-state index contributed by atoms with van der Waals surface area (Å²) in [5.41, 5.74) is 1.10. The Labute approximate surface area is 154 Å². The fourth-order valence-electron chi connectivity index (χ4n) is 2.44. The van der Waals surface area contributed by atoms with Gasteiger partial charge >= 0.3 is 12.1 Å². The number of hydrogen-bond donors (Lipinski definition) is 2. The van der Waals surface area contributed by atoms with Crippen LogP contribution in [0.4, 0.5) is 4.79 Å². The Kier molecular flexibility index (Phi) is 8.38. The van der Waals surface area contributed by atoms with Gasteiger partial charge in [0.15, 0.2) is 0 Å². The lowest BCUT2D eigenvalue weighted by molar-refractivity contribution is -0.143. The van der Waals surface area contributed by atoms with Gasteiger partial charge < -0.3 is 24.6 Å². The Balaban J connectivity index is 2.93. The Morgan fingerprint density at radius 2 is 1.92 bits per heavy atom. The summed E-state index contributed by atoms with van der Waals surface area (Å²) in [6.07, 6.45) is 0.829. The average molecular weight is 367 g/mol. The largest absolute Gasteiger partial charge is 0.496 e. The topological polar surface area (TPSA) is 94.1 Å². The molecule has 0 fully saturated rings. The van der Waals surface area contributed by atoms with Gasteiger partial charge in [0.2, 0.25) is 0 Å². The number of aliphatic hydroxyl groups is 1. The van der Waals surface area contributed by atoms with Crippen LogP contribution in [0.1, 0.15) is 38.3 Å². The predicted octanol–water partition coefficient (Wildman–Crippen LogP) is 2.23. The van der Waals surface area contributed by atoms with Crippen molar-refractivity contribution in [3.63, 3.8) is 0 Å². The molecule has 2 N–H and O–H groups in total. The van der Waals surface area contributed by atoms with Crippen molar-refractivity contribution in [3.05, 3.63) is 29.3 Å². The number of carbonyl (C=O) groups is 2. The van der Waals surface area contributed by atoms with Gasteiger partial charge in [-0.2, -0.15) is 0 Å². The number of ether oxygens (including phenoxy) is 3. The molecule has 0 aliphatic rings. The third-order valence-electron chi connectivity index (χ3n) is 3.57. The molecule has 0 aliphatic heterocycles. The first-order valence-corrected chi connectivity index (χ1v) is 8.54. The maximum atomic E-state index is 12.0. The fraction of sp³-hybridized carbons (Fsp3) is 0.579. The Morgan fingerprint density at radius 1 is 1.23 bits per heavy atom. The first-order valence-electron chi connectivity index (χ1n) is 8.54. The SMILES string of the molecule is COC(=O)[C@H](Cc1ccc(OC)c(CCCO)c1)NC(=O)OC(C)(C)C. The summed E-state index contributed by atoms with van der Waals surface area (Å²) < 4.78 is 15.3. The molecule has 1 rings (SSSR count). The Bertz CT molecular complexity index is 609. The van der Waals surface area contributed by atoms with Crippen molar-refractivity contribution in [1.82, 2.24) is 5.32 Å². The third-order valence-corrected chi connectivity index (χ3v) is 3.57. The van der Waals surface area contributed by atoms with E-state index in [-0.39, 0.29) is 13.0 Å². The van der Waals surface area contributed by atoms with E-state index in [2.05, 4.69) is 5.32 Å². The number of alkyl carbamates (subject to hydrolysis) is 1. The third kappa shape index (κ3) is 7.31. The second kappa shape index (κ2) is 10.0. The van der Waals surface area contributed by atoms with Gasteiger partial charge in [-0.1, -0.05) is 12.1 Å². The van der Waals surface area contributed by atoms with Gasteiger partial charge in [0.05, 0.1) is 14.2 Å². The van der Waals surface area contributed by atoms with Crippen LogP contribution in [0.5, 0.6) is 5.75 Å². The van der Waals surface area contributed by atoms with Gasteiger partial charge in [0.25, 0.3) is 0 Å². The predicted molar refractivity (Wildman–Crippen MR) is 97.3 cm³/mol. The Morgan fingerprint density at radius 3 is 2.46 bits per heavy atom. The van der Waals surface area contributed by atoms with Gasteiger partial charge in [-0.25, -0.2) is 9.59 Å². The lowest BCUT2D eigenvalue weighted by atomic mass is 10.0. The van der Waals surface area contributed by atoms with Crippen molar-refractivity contribution in [2.45, 2.75) is 51.7 Å². The van der Waals surface area contributed by atoms with E-state index in [0.717, 1.165) is 16.9 Å². The van der Waals surface area contributed by atoms with Crippen LogP contribution in [0, 0.1) is 0 Å². The number of rotatable bonds is 8. The summed E-state index contributed by atoms with van der Waals surface area (Å²) in [6.45, 7) is 5.32. The molecule has 0 aliphatic carbocycles. The summed E-state index contributed by atoms with van der Waals surface area (Å²) in [5, 5.41) is 11.6. The van der Waals surface area contributed by atoms with Crippen LogP contribution in [0.15, 0.2) is 18.2 Å². The van der Waals surface area contributed by atoms with Crippen LogP contribution in [-0.4, -0.2) is 49.6 Å². The molecule has 0 unspecified atom stereocenters. The molecule has 0 saturated heterocycles. The molecule has 0 radical (unpaired) electrons. The molecule has 1 aromatic carbocycles. The van der Waals surface area contributed by atoms with E-state index in [0.29, 0.717) is 12.8 Å². The maximum Gasteiger partial charge on any atom is 0.408 e. The molecule has 7 heteroatoms. The van der Waals surface area contributed by atoms with Crippen LogP contribution in [0.25, 0.3) is 0 Å². The first kappa shape index (κ1) is 21.8. The molecule has 1 aromatic rings. The molecule has 1 amide bonds. The van der Waals surface area contributed by atoms with Crippen molar-refractivity contribution in [1.29, 1.82) is 0 Å². The highest BCUT2D eigenvalue weighted by molar-refractivity contribution is 5.81. The molecule has 0 heterocycles. The number of nitrogens with one attached hydrogen (secondary N) is 1.